The van der Waals surface area contributed by atoms with Crippen molar-refractivity contribution in [2.45, 2.75) is 30.0 Å². The van der Waals surface area contributed by atoms with Gasteiger partial charge in [0.2, 0.25) is 5.13 Å². The number of carbonyl (C=O) groups is 2. The summed E-state index contributed by atoms with van der Waals surface area (Å²) in [6.07, 6.45) is 3.20. The van der Waals surface area contributed by atoms with Crippen molar-refractivity contribution in [2.24, 2.45) is 0 Å². The van der Waals surface area contributed by atoms with Crippen molar-refractivity contribution >= 4 is 45.7 Å². The average Bonchev–Trinajstić information content (AvgIpc) is 3.47. The smallest absolute Gasteiger partial charge is 0.301 e. The van der Waals surface area contributed by atoms with E-state index in [1.165, 1.54) is 28.0 Å². The largest absolute Gasteiger partial charge is 0.507 e. The number of carbonyl (C=O) groups excluding carboxylic acids is 2. The molecular weight excluding hydrogens is 492 g/mol. The van der Waals surface area contributed by atoms with Gasteiger partial charge in [0.1, 0.15) is 5.76 Å². The van der Waals surface area contributed by atoms with Crippen LogP contribution in [0.15, 0.2) is 83.0 Å². The number of thioether (sulfide) groups is 1. The Kier molecular flexibility index (Phi) is 6.67. The maximum absolute atomic E-state index is 13.3. The third-order valence-corrected chi connectivity index (χ3v) is 8.03. The van der Waals surface area contributed by atoms with Crippen LogP contribution in [0.4, 0.5) is 5.13 Å². The van der Waals surface area contributed by atoms with Gasteiger partial charge in [-0.1, -0.05) is 77.2 Å². The van der Waals surface area contributed by atoms with E-state index in [1.54, 1.807) is 24.5 Å². The van der Waals surface area contributed by atoms with E-state index in [2.05, 4.69) is 15.2 Å². The highest BCUT2D eigenvalue weighted by atomic mass is 32.2. The number of amides is 1. The number of pyridine rings is 1. The fraction of sp³-hybridized carbons (Fsp3) is 0.148. The average molecular weight is 515 g/mol. The van der Waals surface area contributed by atoms with Crippen LogP contribution < -0.4 is 4.90 Å². The minimum Gasteiger partial charge on any atom is -0.507 e. The summed E-state index contributed by atoms with van der Waals surface area (Å²) in [6, 6.07) is 18.2. The van der Waals surface area contributed by atoms with Crippen molar-refractivity contribution in [1.82, 2.24) is 15.2 Å². The van der Waals surface area contributed by atoms with Gasteiger partial charge in [-0.2, -0.15) is 0 Å². The van der Waals surface area contributed by atoms with Crippen LogP contribution in [-0.2, 0) is 15.3 Å². The molecule has 0 saturated carbocycles. The number of nitrogens with zero attached hydrogens (tertiary/aromatic N) is 4. The van der Waals surface area contributed by atoms with E-state index in [4.69, 9.17) is 0 Å². The van der Waals surface area contributed by atoms with Crippen LogP contribution in [0.5, 0.6) is 0 Å². The maximum atomic E-state index is 13.3. The molecule has 2 aromatic heterocycles. The van der Waals surface area contributed by atoms with Crippen molar-refractivity contribution in [3.8, 4) is 0 Å². The highest BCUT2D eigenvalue weighted by Gasteiger charge is 2.48. The van der Waals surface area contributed by atoms with Crippen molar-refractivity contribution in [2.75, 3.05) is 4.90 Å². The lowest BCUT2D eigenvalue weighted by atomic mass is 9.94. The van der Waals surface area contributed by atoms with Gasteiger partial charge in [0.15, 0.2) is 4.34 Å². The van der Waals surface area contributed by atoms with Crippen LogP contribution in [0.25, 0.3) is 5.76 Å². The van der Waals surface area contributed by atoms with Gasteiger partial charge < -0.3 is 5.11 Å². The molecule has 0 bridgehead atoms. The second-order valence-corrected chi connectivity index (χ2v) is 10.6. The highest BCUT2D eigenvalue weighted by Crippen LogP contribution is 2.44. The maximum Gasteiger partial charge on any atom is 0.301 e. The number of hydrogen-bond donors (Lipinski definition) is 1. The van der Waals surface area contributed by atoms with Gasteiger partial charge in [0.05, 0.1) is 11.6 Å². The Morgan fingerprint density at radius 1 is 1.06 bits per heavy atom. The molecule has 3 heterocycles. The monoisotopic (exact) mass is 514 g/mol. The fourth-order valence-electron chi connectivity index (χ4n) is 4.10. The Balaban J connectivity index is 1.56. The molecule has 0 aliphatic carbocycles. The first-order chi connectivity index (χ1) is 17.4. The van der Waals surface area contributed by atoms with E-state index in [0.29, 0.717) is 26.4 Å². The zero-order valence-electron chi connectivity index (χ0n) is 19.6. The van der Waals surface area contributed by atoms with Crippen LogP contribution in [0, 0.1) is 13.8 Å². The second kappa shape index (κ2) is 10.0. The first-order valence-electron chi connectivity index (χ1n) is 11.2. The number of anilines is 1. The number of Topliss-reactive ketones (excluding diaryl/α,β-unsaturated/α-hetero) is 1. The molecule has 2 aromatic carbocycles. The molecule has 9 heteroatoms. The molecule has 1 N–H and O–H groups in total. The molecule has 1 saturated heterocycles. The number of ketones is 1. The Morgan fingerprint density at radius 2 is 1.86 bits per heavy atom. The number of rotatable bonds is 6. The van der Waals surface area contributed by atoms with E-state index in [9.17, 15) is 14.7 Å². The van der Waals surface area contributed by atoms with Gasteiger partial charge >= 0.3 is 5.91 Å². The molecule has 4 aromatic rings. The van der Waals surface area contributed by atoms with Crippen LogP contribution in [0.3, 0.4) is 0 Å². The molecule has 5 rings (SSSR count). The van der Waals surface area contributed by atoms with Crippen molar-refractivity contribution < 1.29 is 14.7 Å². The van der Waals surface area contributed by atoms with Gasteiger partial charge in [0, 0.05) is 23.7 Å². The normalized spacial score (nSPS) is 17.1. The van der Waals surface area contributed by atoms with Gasteiger partial charge in [-0.15, -0.1) is 10.2 Å². The lowest BCUT2D eigenvalue weighted by molar-refractivity contribution is -0.132. The van der Waals surface area contributed by atoms with Gasteiger partial charge in [-0.05, 0) is 42.7 Å². The van der Waals surface area contributed by atoms with Gasteiger partial charge in [-0.25, -0.2) is 0 Å². The number of aliphatic hydroxyl groups excluding tert-OH is 1. The number of benzene rings is 2. The molecule has 0 spiro atoms. The standard InChI is InChI=1S/C27H22N4O3S2/c1-16-10-11-17(2)20(13-16)23(32)21-22(19-9-6-12-28-14-19)31(25(34)24(21)33)26-29-30-27(36-26)35-15-18-7-4-3-5-8-18/h3-14,22,32H,15H2,1-2H3. The SMILES string of the molecule is Cc1ccc(C)c(C(O)=C2C(=O)C(=O)N(c3nnc(SCc4ccccc4)s3)C2c2cccnc2)c1. The lowest BCUT2D eigenvalue weighted by Gasteiger charge is -2.22. The predicted octanol–water partition coefficient (Wildman–Crippen LogP) is 5.47. The molecule has 0 radical (unpaired) electrons. The molecule has 1 aliphatic heterocycles. The third kappa shape index (κ3) is 4.55. The Morgan fingerprint density at radius 3 is 2.61 bits per heavy atom. The molecule has 1 atom stereocenters. The molecular formula is C27H22N4O3S2. The molecule has 1 aliphatic rings. The van der Waals surface area contributed by atoms with E-state index in [1.807, 2.05) is 62.4 Å². The van der Waals surface area contributed by atoms with Crippen molar-refractivity contribution in [3.05, 3.63) is 106 Å². The molecule has 180 valence electrons. The molecule has 7 nitrogen and oxygen atoms in total. The summed E-state index contributed by atoms with van der Waals surface area (Å²) in [4.78, 5) is 32.1. The fourth-order valence-corrected chi connectivity index (χ4v) is 5.92. The summed E-state index contributed by atoms with van der Waals surface area (Å²) in [5.74, 6) is -1.04. The van der Waals surface area contributed by atoms with Crippen LogP contribution in [0.2, 0.25) is 0 Å². The van der Waals surface area contributed by atoms with Crippen molar-refractivity contribution in [1.29, 1.82) is 0 Å². The lowest BCUT2D eigenvalue weighted by Crippen LogP contribution is -2.29. The third-order valence-electron chi connectivity index (χ3n) is 5.90. The van der Waals surface area contributed by atoms with Crippen LogP contribution in [-0.4, -0.2) is 32.0 Å². The van der Waals surface area contributed by atoms with Gasteiger partial charge in [-0.3, -0.25) is 19.5 Å². The number of aryl methyl sites for hydroxylation is 2. The summed E-state index contributed by atoms with van der Waals surface area (Å²) >= 11 is 2.75. The first-order valence-corrected chi connectivity index (χ1v) is 13.0. The molecule has 1 amide bonds. The summed E-state index contributed by atoms with van der Waals surface area (Å²) in [5, 5.41) is 20.1. The van der Waals surface area contributed by atoms with E-state index in [-0.39, 0.29) is 11.3 Å². The highest BCUT2D eigenvalue weighted by molar-refractivity contribution is 8.00. The Hall–Kier alpha value is -3.82. The predicted molar refractivity (Wildman–Crippen MR) is 141 cm³/mol. The minimum absolute atomic E-state index is 0.00962. The summed E-state index contributed by atoms with van der Waals surface area (Å²) in [5.41, 5.74) is 3.98. The van der Waals surface area contributed by atoms with E-state index >= 15 is 0 Å². The summed E-state index contributed by atoms with van der Waals surface area (Å²) in [6.45, 7) is 3.76. The Bertz CT molecular complexity index is 1470. The number of hydrogen-bond acceptors (Lipinski definition) is 8. The quantitative estimate of drug-likeness (QED) is 0.120. The zero-order chi connectivity index (χ0) is 25.2. The molecule has 1 unspecified atom stereocenters. The summed E-state index contributed by atoms with van der Waals surface area (Å²) in [7, 11) is 0. The Labute approximate surface area is 216 Å². The topological polar surface area (TPSA) is 96.3 Å². The van der Waals surface area contributed by atoms with Gasteiger partial charge in [0.25, 0.3) is 5.78 Å². The van der Waals surface area contributed by atoms with E-state index < -0.39 is 17.7 Å². The van der Waals surface area contributed by atoms with Crippen molar-refractivity contribution in [3.63, 3.8) is 0 Å². The van der Waals surface area contributed by atoms with Crippen LogP contribution >= 0.6 is 23.1 Å². The molecule has 1 fully saturated rings. The number of aromatic nitrogens is 3. The van der Waals surface area contributed by atoms with Crippen LogP contribution in [0.1, 0.15) is 33.9 Å². The minimum atomic E-state index is -0.876. The molecule has 36 heavy (non-hydrogen) atoms. The second-order valence-electron chi connectivity index (χ2n) is 8.40. The summed E-state index contributed by atoms with van der Waals surface area (Å²) < 4.78 is 0.676. The first kappa shape index (κ1) is 23.9. The number of aliphatic hydroxyl groups is 1. The van der Waals surface area contributed by atoms with E-state index in [0.717, 1.165) is 16.7 Å². The zero-order valence-corrected chi connectivity index (χ0v) is 21.2.